The van der Waals surface area contributed by atoms with Crippen LogP contribution in [0.25, 0.3) is 21.1 Å². The van der Waals surface area contributed by atoms with Crippen LogP contribution in [0.1, 0.15) is 12.0 Å². The predicted molar refractivity (Wildman–Crippen MR) is 129 cm³/mol. The summed E-state index contributed by atoms with van der Waals surface area (Å²) in [5.41, 5.74) is 6.34. The molecule has 0 amide bonds. The molecule has 2 heterocycles. The molecule has 5 aromatic rings. The number of para-hydroxylation sites is 3. The number of hydrogen-bond donors (Lipinski definition) is 1. The number of aryl methyl sites for hydroxylation is 1. The molecule has 1 N–H and O–H groups in total. The molecule has 0 fully saturated rings. The Morgan fingerprint density at radius 2 is 1.77 bits per heavy atom. The average molecular weight is 427 g/mol. The van der Waals surface area contributed by atoms with Gasteiger partial charge in [0.1, 0.15) is 5.75 Å². The number of fused-ring (bicyclic) bond motifs is 2. The lowest BCUT2D eigenvalue weighted by Gasteiger charge is -2.07. The van der Waals surface area contributed by atoms with E-state index in [-0.39, 0.29) is 0 Å². The lowest BCUT2D eigenvalue weighted by Crippen LogP contribution is -2.03. The van der Waals surface area contributed by atoms with Gasteiger partial charge in [-0.2, -0.15) is 5.10 Å². The predicted octanol–water partition coefficient (Wildman–Crippen LogP) is 6.17. The number of nitrogens with zero attached hydrogens (tertiary/aromatic N) is 3. The minimum atomic E-state index is 0.680. The summed E-state index contributed by atoms with van der Waals surface area (Å²) >= 11 is 1.60. The van der Waals surface area contributed by atoms with Crippen molar-refractivity contribution in [3.8, 4) is 5.75 Å². The summed E-state index contributed by atoms with van der Waals surface area (Å²) in [6, 6.07) is 26.4. The number of benzene rings is 3. The van der Waals surface area contributed by atoms with Gasteiger partial charge in [-0.15, -0.1) is 0 Å². The molecule has 0 saturated heterocycles. The van der Waals surface area contributed by atoms with Crippen molar-refractivity contribution in [1.29, 1.82) is 0 Å². The van der Waals surface area contributed by atoms with Gasteiger partial charge in [-0.3, -0.25) is 5.43 Å². The van der Waals surface area contributed by atoms with Crippen molar-refractivity contribution in [3.05, 3.63) is 90.6 Å². The summed E-state index contributed by atoms with van der Waals surface area (Å²) in [6.07, 6.45) is 4.94. The van der Waals surface area contributed by atoms with E-state index in [0.29, 0.717) is 6.61 Å². The van der Waals surface area contributed by atoms with Crippen LogP contribution in [-0.4, -0.2) is 22.4 Å². The molecule has 0 aliphatic carbocycles. The van der Waals surface area contributed by atoms with Crippen LogP contribution in [0.3, 0.4) is 0 Å². The number of rotatable bonds is 8. The smallest absolute Gasteiger partial charge is 0.204 e. The third kappa shape index (κ3) is 4.44. The van der Waals surface area contributed by atoms with Crippen molar-refractivity contribution < 1.29 is 4.74 Å². The van der Waals surface area contributed by atoms with E-state index in [0.717, 1.165) is 39.6 Å². The molecule has 0 radical (unpaired) electrons. The van der Waals surface area contributed by atoms with Crippen molar-refractivity contribution in [2.24, 2.45) is 5.10 Å². The van der Waals surface area contributed by atoms with Crippen molar-refractivity contribution in [2.45, 2.75) is 13.0 Å². The highest BCUT2D eigenvalue weighted by Crippen LogP contribution is 2.25. The van der Waals surface area contributed by atoms with E-state index >= 15 is 0 Å². The van der Waals surface area contributed by atoms with Crippen LogP contribution >= 0.6 is 11.3 Å². The van der Waals surface area contributed by atoms with Gasteiger partial charge >= 0.3 is 0 Å². The largest absolute Gasteiger partial charge is 0.494 e. The van der Waals surface area contributed by atoms with Crippen LogP contribution in [-0.2, 0) is 6.54 Å². The van der Waals surface area contributed by atoms with Gasteiger partial charge in [0.25, 0.3) is 0 Å². The first-order chi connectivity index (χ1) is 15.4. The standard InChI is InChI=1S/C25H22N4OS/c1-2-9-20(10-3-1)30-16-8-15-29-18-19(21-11-4-6-13-23(21)29)17-26-28-25-27-22-12-5-7-14-24(22)31-25/h1-7,9-14,17-18H,8,15-16H2,(H,27,28)/b26-17+. The van der Waals surface area contributed by atoms with E-state index in [4.69, 9.17) is 4.74 Å². The van der Waals surface area contributed by atoms with Gasteiger partial charge in [-0.1, -0.05) is 59.9 Å². The van der Waals surface area contributed by atoms with Crippen LogP contribution in [0.15, 0.2) is 90.2 Å². The van der Waals surface area contributed by atoms with E-state index in [2.05, 4.69) is 56.6 Å². The van der Waals surface area contributed by atoms with E-state index in [1.165, 1.54) is 10.9 Å². The van der Waals surface area contributed by atoms with Crippen LogP contribution < -0.4 is 10.2 Å². The highest BCUT2D eigenvalue weighted by molar-refractivity contribution is 7.22. The Morgan fingerprint density at radius 3 is 2.68 bits per heavy atom. The number of hydrogen-bond acceptors (Lipinski definition) is 5. The molecule has 2 aromatic heterocycles. The highest BCUT2D eigenvalue weighted by atomic mass is 32.1. The maximum Gasteiger partial charge on any atom is 0.204 e. The molecule has 31 heavy (non-hydrogen) atoms. The zero-order valence-electron chi connectivity index (χ0n) is 16.9. The first-order valence-corrected chi connectivity index (χ1v) is 11.1. The molecule has 0 atom stereocenters. The fraction of sp³-hybridized carbons (Fsp3) is 0.120. The van der Waals surface area contributed by atoms with E-state index < -0.39 is 0 Å². The van der Waals surface area contributed by atoms with Gasteiger partial charge in [-0.25, -0.2) is 4.98 Å². The maximum atomic E-state index is 5.83. The van der Waals surface area contributed by atoms with E-state index in [1.54, 1.807) is 11.3 Å². The number of thiazole rings is 1. The second-order valence-electron chi connectivity index (χ2n) is 7.17. The van der Waals surface area contributed by atoms with Crippen LogP contribution in [0.2, 0.25) is 0 Å². The Labute approximate surface area is 184 Å². The maximum absolute atomic E-state index is 5.83. The molecular formula is C25H22N4OS. The summed E-state index contributed by atoms with van der Waals surface area (Å²) in [5, 5.41) is 6.41. The summed E-state index contributed by atoms with van der Waals surface area (Å²) < 4.78 is 9.24. The second-order valence-corrected chi connectivity index (χ2v) is 8.20. The molecular weight excluding hydrogens is 404 g/mol. The number of aromatic nitrogens is 2. The number of hydrazone groups is 1. The second kappa shape index (κ2) is 9.02. The lowest BCUT2D eigenvalue weighted by molar-refractivity contribution is 0.302. The molecule has 0 saturated carbocycles. The Hall–Kier alpha value is -3.64. The summed E-state index contributed by atoms with van der Waals surface area (Å²) in [7, 11) is 0. The first-order valence-electron chi connectivity index (χ1n) is 10.3. The normalized spacial score (nSPS) is 11.5. The van der Waals surface area contributed by atoms with Crippen LogP contribution in [0.5, 0.6) is 5.75 Å². The van der Waals surface area contributed by atoms with Gasteiger partial charge in [0.2, 0.25) is 5.13 Å². The molecule has 5 nitrogen and oxygen atoms in total. The number of anilines is 1. The molecule has 0 bridgehead atoms. The Kier molecular flexibility index (Phi) is 5.62. The third-order valence-corrected chi connectivity index (χ3v) is 5.97. The SMILES string of the molecule is C(=N\Nc1nc2ccccc2s1)/c1cn(CCCOc2ccccc2)c2ccccc12. The fourth-order valence-corrected chi connectivity index (χ4v) is 4.40. The first kappa shape index (κ1) is 19.3. The van der Waals surface area contributed by atoms with Crippen molar-refractivity contribution in [2.75, 3.05) is 12.0 Å². The van der Waals surface area contributed by atoms with E-state index in [9.17, 15) is 0 Å². The molecule has 154 valence electrons. The fourth-order valence-electron chi connectivity index (χ4n) is 3.58. The molecule has 5 rings (SSSR count). The molecule has 0 spiro atoms. The Bertz CT molecular complexity index is 1290. The summed E-state index contributed by atoms with van der Waals surface area (Å²) in [6.45, 7) is 1.56. The monoisotopic (exact) mass is 426 g/mol. The highest BCUT2D eigenvalue weighted by Gasteiger charge is 2.07. The number of ether oxygens (including phenoxy) is 1. The van der Waals surface area contributed by atoms with E-state index in [1.807, 2.05) is 54.7 Å². The van der Waals surface area contributed by atoms with Gasteiger partial charge in [-0.05, 0) is 36.8 Å². The molecule has 0 aliphatic rings. The Morgan fingerprint density at radius 1 is 0.968 bits per heavy atom. The minimum absolute atomic E-state index is 0.680. The summed E-state index contributed by atoms with van der Waals surface area (Å²) in [5.74, 6) is 0.911. The molecule has 0 unspecified atom stereocenters. The summed E-state index contributed by atoms with van der Waals surface area (Å²) in [4.78, 5) is 4.56. The van der Waals surface area contributed by atoms with Crippen molar-refractivity contribution in [3.63, 3.8) is 0 Å². The lowest BCUT2D eigenvalue weighted by atomic mass is 10.2. The zero-order valence-corrected chi connectivity index (χ0v) is 17.8. The van der Waals surface area contributed by atoms with Crippen LogP contribution in [0.4, 0.5) is 5.13 Å². The van der Waals surface area contributed by atoms with Gasteiger partial charge in [0.05, 0.1) is 23.0 Å². The van der Waals surface area contributed by atoms with Gasteiger partial charge < -0.3 is 9.30 Å². The molecule has 0 aliphatic heterocycles. The average Bonchev–Trinajstić information content (AvgIpc) is 3.39. The quantitative estimate of drug-likeness (QED) is 0.183. The van der Waals surface area contributed by atoms with Gasteiger partial charge in [0, 0.05) is 29.2 Å². The molecule has 3 aromatic carbocycles. The van der Waals surface area contributed by atoms with Crippen LogP contribution in [0, 0.1) is 0 Å². The topological polar surface area (TPSA) is 51.4 Å². The minimum Gasteiger partial charge on any atom is -0.494 e. The molecule has 6 heteroatoms. The van der Waals surface area contributed by atoms with Crippen molar-refractivity contribution in [1.82, 2.24) is 9.55 Å². The zero-order chi connectivity index (χ0) is 20.9. The Balaban J connectivity index is 1.27. The number of nitrogens with one attached hydrogen (secondary N) is 1. The van der Waals surface area contributed by atoms with Gasteiger partial charge in [0.15, 0.2) is 0 Å². The van der Waals surface area contributed by atoms with Crippen molar-refractivity contribution >= 4 is 43.8 Å². The third-order valence-electron chi connectivity index (χ3n) is 5.03.